The molecule has 1 aliphatic rings. The Morgan fingerprint density at radius 2 is 1.73 bits per heavy atom. The summed E-state index contributed by atoms with van der Waals surface area (Å²) in [5.41, 5.74) is 0.638. The summed E-state index contributed by atoms with van der Waals surface area (Å²) < 4.78 is 37.5. The van der Waals surface area contributed by atoms with Crippen LogP contribution in [0.4, 0.5) is 5.69 Å². The van der Waals surface area contributed by atoms with E-state index in [9.17, 15) is 22.8 Å². The zero-order chi connectivity index (χ0) is 24.2. The summed E-state index contributed by atoms with van der Waals surface area (Å²) in [6, 6.07) is 9.88. The van der Waals surface area contributed by atoms with Crippen molar-refractivity contribution >= 4 is 45.0 Å². The summed E-state index contributed by atoms with van der Waals surface area (Å²) >= 11 is 6.12. The summed E-state index contributed by atoms with van der Waals surface area (Å²) in [5.74, 6) is -1.63. The first-order valence-electron chi connectivity index (χ1n) is 10.1. The highest BCUT2D eigenvalue weighted by Gasteiger charge is 2.29. The van der Waals surface area contributed by atoms with Gasteiger partial charge in [-0.05, 0) is 49.4 Å². The Labute approximate surface area is 196 Å². The number of halogens is 1. The van der Waals surface area contributed by atoms with Crippen molar-refractivity contribution in [2.24, 2.45) is 0 Å². The van der Waals surface area contributed by atoms with Crippen LogP contribution in [0.2, 0.25) is 5.02 Å². The van der Waals surface area contributed by atoms with Crippen molar-refractivity contribution in [3.05, 3.63) is 58.6 Å². The fourth-order valence-corrected chi connectivity index (χ4v) is 4.82. The lowest BCUT2D eigenvalue weighted by Crippen LogP contribution is -2.40. The van der Waals surface area contributed by atoms with E-state index in [-0.39, 0.29) is 53.3 Å². The SMILES string of the molecule is CC(=O)Nc1ccc(C(=O)C(C)OC(=O)c2cc(S(=O)(=O)N3CCOCC3)ccc2Cl)cc1. The van der Waals surface area contributed by atoms with E-state index < -0.39 is 27.9 Å². The van der Waals surface area contributed by atoms with Crippen LogP contribution in [0.25, 0.3) is 0 Å². The highest BCUT2D eigenvalue weighted by Crippen LogP contribution is 2.25. The molecule has 0 radical (unpaired) electrons. The monoisotopic (exact) mass is 494 g/mol. The van der Waals surface area contributed by atoms with Crippen LogP contribution in [-0.4, -0.2) is 62.8 Å². The van der Waals surface area contributed by atoms with Gasteiger partial charge < -0.3 is 14.8 Å². The molecule has 1 unspecified atom stereocenters. The van der Waals surface area contributed by atoms with Gasteiger partial charge in [0.2, 0.25) is 21.7 Å². The van der Waals surface area contributed by atoms with Gasteiger partial charge in [-0.3, -0.25) is 9.59 Å². The molecule has 0 spiro atoms. The highest BCUT2D eigenvalue weighted by atomic mass is 35.5. The van der Waals surface area contributed by atoms with Gasteiger partial charge in [-0.25, -0.2) is 13.2 Å². The third-order valence-corrected chi connectivity index (χ3v) is 7.13. The molecule has 2 aromatic carbocycles. The third kappa shape index (κ3) is 5.97. The summed E-state index contributed by atoms with van der Waals surface area (Å²) in [6.45, 7) is 3.76. The minimum Gasteiger partial charge on any atom is -0.451 e. The molecular weight excluding hydrogens is 472 g/mol. The minimum atomic E-state index is -3.85. The van der Waals surface area contributed by atoms with Gasteiger partial charge in [0.25, 0.3) is 0 Å². The van der Waals surface area contributed by atoms with Crippen molar-refractivity contribution < 1.29 is 32.3 Å². The molecule has 11 heteroatoms. The fourth-order valence-electron chi connectivity index (χ4n) is 3.19. The molecule has 0 aliphatic carbocycles. The van der Waals surface area contributed by atoms with Crippen LogP contribution < -0.4 is 5.32 Å². The second-order valence-corrected chi connectivity index (χ2v) is 9.67. The number of anilines is 1. The highest BCUT2D eigenvalue weighted by molar-refractivity contribution is 7.89. The van der Waals surface area contributed by atoms with Crippen LogP contribution in [0, 0.1) is 0 Å². The Bertz CT molecular complexity index is 1160. The second-order valence-electron chi connectivity index (χ2n) is 7.33. The number of morpholine rings is 1. The Morgan fingerprint density at radius 3 is 2.33 bits per heavy atom. The van der Waals surface area contributed by atoms with Crippen LogP contribution in [0.3, 0.4) is 0 Å². The molecule has 1 heterocycles. The molecule has 1 aliphatic heterocycles. The molecule has 1 N–H and O–H groups in total. The maximum absolute atomic E-state index is 12.9. The molecule has 9 nitrogen and oxygen atoms in total. The number of benzene rings is 2. The molecule has 1 fully saturated rings. The van der Waals surface area contributed by atoms with Crippen molar-refractivity contribution in [2.45, 2.75) is 24.8 Å². The van der Waals surface area contributed by atoms with Gasteiger partial charge in [-0.1, -0.05) is 11.6 Å². The topological polar surface area (TPSA) is 119 Å². The van der Waals surface area contributed by atoms with Crippen molar-refractivity contribution in [1.29, 1.82) is 0 Å². The zero-order valence-electron chi connectivity index (χ0n) is 18.0. The van der Waals surface area contributed by atoms with Gasteiger partial charge in [0.1, 0.15) is 0 Å². The lowest BCUT2D eigenvalue weighted by molar-refractivity contribution is -0.114. The molecule has 0 aromatic heterocycles. The quantitative estimate of drug-likeness (QED) is 0.464. The van der Waals surface area contributed by atoms with E-state index in [0.717, 1.165) is 6.07 Å². The molecule has 176 valence electrons. The number of amides is 1. The number of hydrogen-bond donors (Lipinski definition) is 1. The molecule has 1 amide bonds. The van der Waals surface area contributed by atoms with E-state index in [2.05, 4.69) is 5.32 Å². The average Bonchev–Trinajstić information content (AvgIpc) is 2.79. The predicted octanol–water partition coefficient (Wildman–Crippen LogP) is 2.75. The van der Waals surface area contributed by atoms with Gasteiger partial charge >= 0.3 is 5.97 Å². The number of carbonyl (C=O) groups is 3. The molecule has 3 rings (SSSR count). The lowest BCUT2D eigenvalue weighted by atomic mass is 10.1. The summed E-state index contributed by atoms with van der Waals surface area (Å²) in [7, 11) is -3.85. The Hall–Kier alpha value is -2.79. The average molecular weight is 495 g/mol. The fraction of sp³-hybridized carbons (Fsp3) is 0.318. The van der Waals surface area contributed by atoms with Crippen molar-refractivity contribution in [3.63, 3.8) is 0 Å². The van der Waals surface area contributed by atoms with Gasteiger partial charge in [-0.15, -0.1) is 0 Å². The Kier molecular flexibility index (Phi) is 7.85. The van der Waals surface area contributed by atoms with Crippen LogP contribution in [0.15, 0.2) is 47.4 Å². The van der Waals surface area contributed by atoms with Crippen LogP contribution in [-0.2, 0) is 24.3 Å². The van der Waals surface area contributed by atoms with Gasteiger partial charge in [0.15, 0.2) is 6.10 Å². The minimum absolute atomic E-state index is 0.000219. The van der Waals surface area contributed by atoms with Crippen LogP contribution in [0.5, 0.6) is 0 Å². The number of carbonyl (C=O) groups excluding carboxylic acids is 3. The number of ketones is 1. The van der Waals surface area contributed by atoms with Crippen molar-refractivity contribution in [3.8, 4) is 0 Å². The molecule has 1 atom stereocenters. The number of rotatable bonds is 7. The lowest BCUT2D eigenvalue weighted by Gasteiger charge is -2.26. The van der Waals surface area contributed by atoms with E-state index in [0.29, 0.717) is 5.69 Å². The van der Waals surface area contributed by atoms with Crippen molar-refractivity contribution in [1.82, 2.24) is 4.31 Å². The van der Waals surface area contributed by atoms with Crippen LogP contribution in [0.1, 0.15) is 34.6 Å². The van der Waals surface area contributed by atoms with Crippen LogP contribution >= 0.6 is 11.6 Å². The predicted molar refractivity (Wildman–Crippen MR) is 121 cm³/mol. The molecule has 33 heavy (non-hydrogen) atoms. The van der Waals surface area contributed by atoms with Gasteiger partial charge in [-0.2, -0.15) is 4.31 Å². The number of Topliss-reactive ketones (excluding diaryl/α,β-unsaturated/α-hetero) is 1. The molecular formula is C22H23ClN2O7S. The largest absolute Gasteiger partial charge is 0.451 e. The van der Waals surface area contributed by atoms with E-state index in [4.69, 9.17) is 21.1 Å². The molecule has 0 saturated carbocycles. The number of ether oxygens (including phenoxy) is 2. The number of esters is 1. The van der Waals surface area contributed by atoms with E-state index in [1.54, 1.807) is 12.1 Å². The van der Waals surface area contributed by atoms with E-state index in [1.807, 2.05) is 0 Å². The first-order valence-corrected chi connectivity index (χ1v) is 11.9. The number of sulfonamides is 1. The number of nitrogens with zero attached hydrogens (tertiary/aromatic N) is 1. The maximum Gasteiger partial charge on any atom is 0.340 e. The number of hydrogen-bond acceptors (Lipinski definition) is 7. The van der Waals surface area contributed by atoms with E-state index >= 15 is 0 Å². The summed E-state index contributed by atoms with van der Waals surface area (Å²) in [5, 5.41) is 2.59. The second kappa shape index (κ2) is 10.4. The molecule has 0 bridgehead atoms. The Balaban J connectivity index is 1.74. The molecule has 1 saturated heterocycles. The van der Waals surface area contributed by atoms with Crippen molar-refractivity contribution in [2.75, 3.05) is 31.6 Å². The van der Waals surface area contributed by atoms with Gasteiger partial charge in [0.05, 0.1) is 28.7 Å². The third-order valence-electron chi connectivity index (χ3n) is 4.91. The standard InChI is InChI=1S/C22H23ClN2O7S/c1-14(21(27)16-3-5-17(6-4-16)24-15(2)26)32-22(28)19-13-18(7-8-20(19)23)33(29,30)25-9-11-31-12-10-25/h3-8,13-14H,9-12H2,1-2H3,(H,24,26). The first kappa shape index (κ1) is 24.8. The maximum atomic E-state index is 12.9. The van der Waals surface area contributed by atoms with Gasteiger partial charge in [0, 0.05) is 31.3 Å². The Morgan fingerprint density at radius 1 is 1.09 bits per heavy atom. The number of nitrogens with one attached hydrogen (secondary N) is 1. The smallest absolute Gasteiger partial charge is 0.340 e. The summed E-state index contributed by atoms with van der Waals surface area (Å²) in [6.07, 6.45) is -1.15. The molecule has 2 aromatic rings. The normalized spacial score (nSPS) is 15.5. The summed E-state index contributed by atoms with van der Waals surface area (Å²) in [4.78, 5) is 36.4. The first-order chi connectivity index (χ1) is 15.6. The van der Waals surface area contributed by atoms with E-state index in [1.165, 1.54) is 42.4 Å². The zero-order valence-corrected chi connectivity index (χ0v) is 19.6.